The third kappa shape index (κ3) is 1.62. The van der Waals surface area contributed by atoms with Crippen molar-refractivity contribution >= 4 is 38.9 Å². The van der Waals surface area contributed by atoms with Gasteiger partial charge in [-0.1, -0.05) is 0 Å². The lowest BCUT2D eigenvalue weighted by molar-refractivity contribution is -0.385. The molecule has 12 heavy (non-hydrogen) atoms. The summed E-state index contributed by atoms with van der Waals surface area (Å²) in [5.74, 6) is -1.16. The first kappa shape index (κ1) is 9.14. The Morgan fingerprint density at radius 2 is 2.33 bits per heavy atom. The number of halogens is 1. The van der Waals surface area contributed by atoms with E-state index in [0.29, 0.717) is 0 Å². The third-order valence-electron chi connectivity index (χ3n) is 1.08. The van der Waals surface area contributed by atoms with E-state index in [1.165, 1.54) is 0 Å². The van der Waals surface area contributed by atoms with Gasteiger partial charge in [-0.25, -0.2) is 4.79 Å². The van der Waals surface area contributed by atoms with Crippen LogP contribution in [0.1, 0.15) is 9.67 Å². The topological polar surface area (TPSA) is 80.4 Å². The van der Waals surface area contributed by atoms with Crippen molar-refractivity contribution in [2.24, 2.45) is 0 Å². The number of nitrogens with zero attached hydrogens (tertiary/aromatic N) is 1. The van der Waals surface area contributed by atoms with E-state index in [4.69, 9.17) is 5.11 Å². The normalized spacial score (nSPS) is 9.75. The van der Waals surface area contributed by atoms with Crippen molar-refractivity contribution < 1.29 is 14.8 Å². The highest BCUT2D eigenvalue weighted by Crippen LogP contribution is 2.33. The van der Waals surface area contributed by atoms with E-state index in [1.807, 2.05) is 0 Å². The number of thiophene rings is 1. The Balaban J connectivity index is 3.17. The smallest absolute Gasteiger partial charge is 0.346 e. The molecule has 0 aliphatic heterocycles. The number of rotatable bonds is 2. The lowest BCUT2D eigenvalue weighted by Gasteiger charge is -1.82. The van der Waals surface area contributed by atoms with Gasteiger partial charge in [0.25, 0.3) is 5.69 Å². The van der Waals surface area contributed by atoms with Gasteiger partial charge in [0, 0.05) is 6.07 Å². The minimum absolute atomic E-state index is 0.0476. The lowest BCUT2D eigenvalue weighted by atomic mass is 10.4. The molecular formula is C5H2BrNO4S. The molecule has 64 valence electrons. The van der Waals surface area contributed by atoms with Crippen molar-refractivity contribution in [3.8, 4) is 0 Å². The first-order valence-corrected chi connectivity index (χ1v) is 4.30. The molecule has 5 nitrogen and oxygen atoms in total. The Bertz CT molecular complexity index is 347. The van der Waals surface area contributed by atoms with Crippen LogP contribution in [0.25, 0.3) is 0 Å². The Hall–Kier alpha value is -0.950. The standard InChI is InChI=1S/C5H2BrNO4S/c6-4-2(7(10)11)1-3(12-4)5(8)9/h1H,(H,8,9). The quantitative estimate of drug-likeness (QED) is 0.645. The molecule has 0 bridgehead atoms. The van der Waals surface area contributed by atoms with Crippen LogP contribution in [-0.2, 0) is 0 Å². The van der Waals surface area contributed by atoms with E-state index in [9.17, 15) is 14.9 Å². The maximum absolute atomic E-state index is 10.4. The molecule has 1 rings (SSSR count). The minimum Gasteiger partial charge on any atom is -0.477 e. The summed E-state index contributed by atoms with van der Waals surface area (Å²) in [6.07, 6.45) is 0. The van der Waals surface area contributed by atoms with Gasteiger partial charge in [0.05, 0.1) is 4.92 Å². The van der Waals surface area contributed by atoms with Gasteiger partial charge < -0.3 is 5.11 Å². The van der Waals surface area contributed by atoms with Crippen LogP contribution in [0.2, 0.25) is 0 Å². The Labute approximate surface area is 78.9 Å². The Kier molecular flexibility index (Phi) is 2.43. The van der Waals surface area contributed by atoms with E-state index >= 15 is 0 Å². The zero-order valence-electron chi connectivity index (χ0n) is 5.48. The molecule has 0 unspecified atom stereocenters. The first-order chi connectivity index (χ1) is 5.52. The second-order valence-corrected chi connectivity index (χ2v) is 4.20. The van der Waals surface area contributed by atoms with Crippen LogP contribution in [0.5, 0.6) is 0 Å². The molecule has 0 saturated carbocycles. The van der Waals surface area contributed by atoms with Crippen molar-refractivity contribution in [1.82, 2.24) is 0 Å². The van der Waals surface area contributed by atoms with E-state index in [0.717, 1.165) is 17.4 Å². The van der Waals surface area contributed by atoms with E-state index in [1.54, 1.807) is 0 Å². The second kappa shape index (κ2) is 3.20. The Morgan fingerprint density at radius 1 is 1.75 bits per heavy atom. The molecule has 0 saturated heterocycles. The molecule has 0 aliphatic carbocycles. The van der Waals surface area contributed by atoms with Crippen LogP contribution < -0.4 is 0 Å². The fourth-order valence-corrected chi connectivity index (χ4v) is 2.06. The summed E-state index contributed by atoms with van der Waals surface area (Å²) in [5, 5.41) is 18.7. The zero-order valence-corrected chi connectivity index (χ0v) is 7.89. The summed E-state index contributed by atoms with van der Waals surface area (Å²) in [7, 11) is 0. The van der Waals surface area contributed by atoms with Gasteiger partial charge in [-0.15, -0.1) is 11.3 Å². The summed E-state index contributed by atoms with van der Waals surface area (Å²) in [6, 6.07) is 1.02. The number of aromatic carboxylic acids is 1. The van der Waals surface area contributed by atoms with Crippen LogP contribution in [0, 0.1) is 10.1 Å². The number of carboxylic acids is 1. The fraction of sp³-hybridized carbons (Fsp3) is 0. The van der Waals surface area contributed by atoms with Gasteiger partial charge in [-0.05, 0) is 15.9 Å². The van der Waals surface area contributed by atoms with Crippen LogP contribution >= 0.6 is 27.3 Å². The SMILES string of the molecule is O=C(O)c1cc([N+](=O)[O-])c(Br)s1. The molecule has 1 heterocycles. The number of hydrogen-bond acceptors (Lipinski definition) is 4. The first-order valence-electron chi connectivity index (χ1n) is 2.69. The summed E-state index contributed by atoms with van der Waals surface area (Å²) in [5.41, 5.74) is -0.211. The maximum Gasteiger partial charge on any atom is 0.346 e. The zero-order chi connectivity index (χ0) is 9.30. The fourth-order valence-electron chi connectivity index (χ4n) is 0.589. The molecule has 0 radical (unpaired) electrons. The molecule has 0 atom stereocenters. The number of hydrogen-bond donors (Lipinski definition) is 1. The molecule has 1 aromatic rings. The van der Waals surface area contributed by atoms with Gasteiger partial charge in [-0.2, -0.15) is 0 Å². The van der Waals surface area contributed by atoms with Crippen molar-refractivity contribution in [3.05, 3.63) is 24.8 Å². The van der Waals surface area contributed by atoms with E-state index in [-0.39, 0.29) is 14.4 Å². The van der Waals surface area contributed by atoms with Crippen molar-refractivity contribution in [2.75, 3.05) is 0 Å². The third-order valence-corrected chi connectivity index (χ3v) is 2.87. The van der Waals surface area contributed by atoms with Crippen molar-refractivity contribution in [3.63, 3.8) is 0 Å². The Morgan fingerprint density at radius 3 is 2.58 bits per heavy atom. The molecule has 1 N–H and O–H groups in total. The molecule has 7 heteroatoms. The number of nitro groups is 1. The minimum atomic E-state index is -1.16. The summed E-state index contributed by atoms with van der Waals surface area (Å²) >= 11 is 3.73. The van der Waals surface area contributed by atoms with Crippen molar-refractivity contribution in [2.45, 2.75) is 0 Å². The molecule has 0 aliphatic rings. The van der Waals surface area contributed by atoms with Gasteiger partial charge in [0.1, 0.15) is 8.66 Å². The summed E-state index contributed by atoms with van der Waals surface area (Å²) < 4.78 is 0.227. The number of carboxylic acid groups (broad SMARTS) is 1. The highest BCUT2D eigenvalue weighted by atomic mass is 79.9. The van der Waals surface area contributed by atoms with Crippen LogP contribution in [0.15, 0.2) is 9.85 Å². The van der Waals surface area contributed by atoms with E-state index in [2.05, 4.69) is 15.9 Å². The average Bonchev–Trinajstić information content (AvgIpc) is 2.30. The maximum atomic E-state index is 10.4. The van der Waals surface area contributed by atoms with Gasteiger partial charge in [0.2, 0.25) is 0 Å². The highest BCUT2D eigenvalue weighted by Gasteiger charge is 2.19. The van der Waals surface area contributed by atoms with Crippen LogP contribution in [0.3, 0.4) is 0 Å². The monoisotopic (exact) mass is 251 g/mol. The van der Waals surface area contributed by atoms with Gasteiger partial charge in [-0.3, -0.25) is 10.1 Å². The predicted molar refractivity (Wildman–Crippen MR) is 45.6 cm³/mol. The summed E-state index contributed by atoms with van der Waals surface area (Å²) in [6.45, 7) is 0. The number of carbonyl (C=O) groups is 1. The molecule has 1 aromatic heterocycles. The van der Waals surface area contributed by atoms with Gasteiger partial charge in [0.15, 0.2) is 0 Å². The molecule has 0 amide bonds. The highest BCUT2D eigenvalue weighted by molar-refractivity contribution is 9.11. The van der Waals surface area contributed by atoms with Crippen LogP contribution in [-0.4, -0.2) is 16.0 Å². The molecule has 0 spiro atoms. The van der Waals surface area contributed by atoms with Crippen LogP contribution in [0.4, 0.5) is 5.69 Å². The molecule has 0 aromatic carbocycles. The second-order valence-electron chi connectivity index (χ2n) is 1.83. The summed E-state index contributed by atoms with van der Waals surface area (Å²) in [4.78, 5) is 19.9. The predicted octanol–water partition coefficient (Wildman–Crippen LogP) is 2.12. The average molecular weight is 252 g/mol. The van der Waals surface area contributed by atoms with Crippen molar-refractivity contribution in [1.29, 1.82) is 0 Å². The van der Waals surface area contributed by atoms with E-state index < -0.39 is 10.9 Å². The molecule has 0 fully saturated rings. The van der Waals surface area contributed by atoms with Gasteiger partial charge >= 0.3 is 5.97 Å². The molecular weight excluding hydrogens is 250 g/mol. The lowest BCUT2D eigenvalue weighted by Crippen LogP contribution is -1.90. The largest absolute Gasteiger partial charge is 0.477 e.